The van der Waals surface area contributed by atoms with Crippen molar-refractivity contribution >= 4 is 38.9 Å². The van der Waals surface area contributed by atoms with Crippen molar-refractivity contribution in [2.45, 2.75) is 4.90 Å². The number of anilines is 1. The molecule has 106 valence electrons. The van der Waals surface area contributed by atoms with E-state index in [1.54, 1.807) is 6.07 Å². The van der Waals surface area contributed by atoms with Crippen LogP contribution in [0.4, 0.5) is 10.1 Å². The van der Waals surface area contributed by atoms with E-state index in [2.05, 4.69) is 0 Å². The fraction of sp³-hybridized carbons (Fsp3) is 0. The van der Waals surface area contributed by atoms with Crippen molar-refractivity contribution in [3.05, 3.63) is 52.3 Å². The SMILES string of the molecule is O=S(=O)(Nc1cc(F)cc(Cl)c1O)c1ccccc1Cl. The summed E-state index contributed by atoms with van der Waals surface area (Å²) in [5.74, 6) is -1.35. The molecule has 2 aromatic rings. The molecule has 0 aliphatic rings. The minimum atomic E-state index is -4.07. The monoisotopic (exact) mass is 335 g/mol. The highest BCUT2D eigenvalue weighted by atomic mass is 35.5. The molecule has 0 amide bonds. The molecule has 0 unspecified atom stereocenters. The smallest absolute Gasteiger partial charge is 0.263 e. The second-order valence-corrected chi connectivity index (χ2v) is 6.28. The van der Waals surface area contributed by atoms with E-state index >= 15 is 0 Å². The van der Waals surface area contributed by atoms with Crippen LogP contribution in [-0.4, -0.2) is 13.5 Å². The van der Waals surface area contributed by atoms with Crippen LogP contribution in [0.2, 0.25) is 10.0 Å². The van der Waals surface area contributed by atoms with Gasteiger partial charge in [0.05, 0.1) is 15.7 Å². The molecule has 0 aromatic heterocycles. The number of nitrogens with one attached hydrogen (secondary N) is 1. The minimum Gasteiger partial charge on any atom is -0.504 e. The largest absolute Gasteiger partial charge is 0.504 e. The van der Waals surface area contributed by atoms with Crippen molar-refractivity contribution in [2.75, 3.05) is 4.72 Å². The maximum atomic E-state index is 13.2. The van der Waals surface area contributed by atoms with Gasteiger partial charge >= 0.3 is 0 Å². The second kappa shape index (κ2) is 5.47. The molecule has 2 aromatic carbocycles. The molecule has 0 saturated carbocycles. The Balaban J connectivity index is 2.47. The molecule has 0 bridgehead atoms. The molecule has 0 aliphatic carbocycles. The molecule has 4 nitrogen and oxygen atoms in total. The molecule has 20 heavy (non-hydrogen) atoms. The van der Waals surface area contributed by atoms with E-state index in [9.17, 15) is 17.9 Å². The molecule has 0 aliphatic heterocycles. The van der Waals surface area contributed by atoms with Crippen LogP contribution in [-0.2, 0) is 10.0 Å². The second-order valence-electron chi connectivity index (χ2n) is 3.82. The van der Waals surface area contributed by atoms with Gasteiger partial charge in [-0.2, -0.15) is 0 Å². The van der Waals surface area contributed by atoms with Crippen molar-refractivity contribution in [1.29, 1.82) is 0 Å². The lowest BCUT2D eigenvalue weighted by Gasteiger charge is -2.11. The molecular formula is C12H8Cl2FNO3S. The van der Waals surface area contributed by atoms with Gasteiger partial charge in [0.1, 0.15) is 10.7 Å². The van der Waals surface area contributed by atoms with Crippen molar-refractivity contribution in [3.8, 4) is 5.75 Å². The third-order valence-electron chi connectivity index (χ3n) is 2.40. The molecule has 0 fully saturated rings. The van der Waals surface area contributed by atoms with Crippen LogP contribution in [0, 0.1) is 5.82 Å². The molecule has 0 saturated heterocycles. The number of rotatable bonds is 3. The fourth-order valence-electron chi connectivity index (χ4n) is 1.51. The highest BCUT2D eigenvalue weighted by Gasteiger charge is 2.20. The number of hydrogen-bond donors (Lipinski definition) is 2. The van der Waals surface area contributed by atoms with Crippen LogP contribution in [0.25, 0.3) is 0 Å². The van der Waals surface area contributed by atoms with Crippen LogP contribution in [0.15, 0.2) is 41.3 Å². The van der Waals surface area contributed by atoms with Crippen LogP contribution in [0.3, 0.4) is 0 Å². The van der Waals surface area contributed by atoms with E-state index in [0.29, 0.717) is 0 Å². The number of sulfonamides is 1. The van der Waals surface area contributed by atoms with Gasteiger partial charge in [-0.3, -0.25) is 4.72 Å². The van der Waals surface area contributed by atoms with E-state index < -0.39 is 21.6 Å². The maximum Gasteiger partial charge on any atom is 0.263 e. The first-order valence-corrected chi connectivity index (χ1v) is 7.50. The fourth-order valence-corrected chi connectivity index (χ4v) is 3.29. The minimum absolute atomic E-state index is 0.00184. The van der Waals surface area contributed by atoms with Gasteiger partial charge in [-0.25, -0.2) is 12.8 Å². The third kappa shape index (κ3) is 2.98. The zero-order valence-electron chi connectivity index (χ0n) is 9.77. The lowest BCUT2D eigenvalue weighted by atomic mass is 10.3. The summed E-state index contributed by atoms with van der Waals surface area (Å²) in [4.78, 5) is -0.193. The first kappa shape index (κ1) is 14.9. The van der Waals surface area contributed by atoms with Crippen LogP contribution in [0.5, 0.6) is 5.75 Å². The Labute approximate surface area is 124 Å². The Morgan fingerprint density at radius 3 is 2.40 bits per heavy atom. The zero-order chi connectivity index (χ0) is 14.9. The molecule has 0 spiro atoms. The van der Waals surface area contributed by atoms with Crippen molar-refractivity contribution in [3.63, 3.8) is 0 Å². The number of hydrogen-bond acceptors (Lipinski definition) is 3. The lowest BCUT2D eigenvalue weighted by Crippen LogP contribution is -2.13. The Kier molecular flexibility index (Phi) is 4.08. The Morgan fingerprint density at radius 2 is 1.75 bits per heavy atom. The molecule has 2 rings (SSSR count). The number of halogens is 3. The van der Waals surface area contributed by atoms with Crippen LogP contribution < -0.4 is 4.72 Å². The summed E-state index contributed by atoms with van der Waals surface area (Å²) in [5.41, 5.74) is -0.366. The Morgan fingerprint density at radius 1 is 1.10 bits per heavy atom. The van der Waals surface area contributed by atoms with E-state index in [1.165, 1.54) is 18.2 Å². The number of aromatic hydroxyl groups is 1. The predicted octanol–water partition coefficient (Wildman–Crippen LogP) is 3.64. The molecule has 0 atom stereocenters. The number of benzene rings is 2. The summed E-state index contributed by atoms with van der Waals surface area (Å²) in [5, 5.41) is 9.34. The zero-order valence-corrected chi connectivity index (χ0v) is 12.1. The van der Waals surface area contributed by atoms with Crippen molar-refractivity contribution in [1.82, 2.24) is 0 Å². The van der Waals surface area contributed by atoms with Crippen molar-refractivity contribution in [2.24, 2.45) is 0 Å². The molecule has 0 radical (unpaired) electrons. The van der Waals surface area contributed by atoms with E-state index in [1.807, 2.05) is 4.72 Å². The van der Waals surface area contributed by atoms with Gasteiger partial charge in [-0.15, -0.1) is 0 Å². The van der Waals surface area contributed by atoms with E-state index in [4.69, 9.17) is 23.2 Å². The molecular weight excluding hydrogens is 328 g/mol. The average molecular weight is 336 g/mol. The predicted molar refractivity (Wildman–Crippen MR) is 75.3 cm³/mol. The Hall–Kier alpha value is -1.50. The summed E-state index contributed by atoms with van der Waals surface area (Å²) in [6.45, 7) is 0. The number of phenols is 1. The van der Waals surface area contributed by atoms with E-state index in [-0.39, 0.29) is 20.6 Å². The number of phenolic OH excluding ortho intramolecular Hbond substituents is 1. The van der Waals surface area contributed by atoms with Gasteiger partial charge in [0.25, 0.3) is 10.0 Å². The summed E-state index contributed by atoms with van der Waals surface area (Å²) < 4.78 is 39.5. The van der Waals surface area contributed by atoms with Crippen LogP contribution in [0.1, 0.15) is 0 Å². The Bertz CT molecular complexity index is 765. The van der Waals surface area contributed by atoms with Crippen LogP contribution >= 0.6 is 23.2 Å². The normalized spacial score (nSPS) is 11.3. The highest BCUT2D eigenvalue weighted by molar-refractivity contribution is 7.92. The summed E-state index contributed by atoms with van der Waals surface area (Å²) in [6, 6.07) is 7.41. The molecule has 8 heteroatoms. The van der Waals surface area contributed by atoms with Gasteiger partial charge in [-0.1, -0.05) is 35.3 Å². The molecule has 0 heterocycles. The van der Waals surface area contributed by atoms with Crippen molar-refractivity contribution < 1.29 is 17.9 Å². The summed E-state index contributed by atoms with van der Waals surface area (Å²) in [6.07, 6.45) is 0. The summed E-state index contributed by atoms with van der Waals surface area (Å²) >= 11 is 11.4. The van der Waals surface area contributed by atoms with Gasteiger partial charge in [-0.05, 0) is 18.2 Å². The van der Waals surface area contributed by atoms with Gasteiger partial charge < -0.3 is 5.11 Å². The highest BCUT2D eigenvalue weighted by Crippen LogP contribution is 2.34. The first-order valence-electron chi connectivity index (χ1n) is 5.26. The van der Waals surface area contributed by atoms with E-state index in [0.717, 1.165) is 12.1 Å². The maximum absolute atomic E-state index is 13.2. The summed E-state index contributed by atoms with van der Waals surface area (Å²) in [7, 11) is -4.07. The third-order valence-corrected chi connectivity index (χ3v) is 4.55. The van der Waals surface area contributed by atoms with Gasteiger partial charge in [0.2, 0.25) is 0 Å². The topological polar surface area (TPSA) is 66.4 Å². The lowest BCUT2D eigenvalue weighted by molar-refractivity contribution is 0.476. The standard InChI is InChI=1S/C12H8Cl2FNO3S/c13-8-3-1-2-4-11(8)20(18,19)16-10-6-7(15)5-9(14)12(10)17/h1-6,16-17H. The molecule has 2 N–H and O–H groups in total. The van der Waals surface area contributed by atoms with Gasteiger partial charge in [0.15, 0.2) is 5.75 Å². The average Bonchev–Trinajstić information content (AvgIpc) is 2.35. The quantitative estimate of drug-likeness (QED) is 0.841. The first-order chi connectivity index (χ1) is 9.31. The van der Waals surface area contributed by atoms with Gasteiger partial charge in [0, 0.05) is 6.07 Å².